The molecule has 120 valence electrons. The summed E-state index contributed by atoms with van der Waals surface area (Å²) >= 11 is 12.4. The zero-order valence-corrected chi connectivity index (χ0v) is 14.7. The molecule has 2 nitrogen and oxygen atoms in total. The first-order chi connectivity index (χ1) is 11.2. The first-order valence-corrected chi connectivity index (χ1v) is 9.01. The number of fused-ring (bicyclic) bond motifs is 3. The van der Waals surface area contributed by atoms with E-state index in [4.69, 9.17) is 23.2 Å². The number of likely N-dealkylation sites (N-methyl/N-ethyl adjacent to an activating group) is 1. The molecule has 2 atom stereocenters. The highest BCUT2D eigenvalue weighted by Crippen LogP contribution is 2.45. The molecule has 1 fully saturated rings. The molecule has 1 saturated heterocycles. The molecule has 4 rings (SSSR count). The summed E-state index contributed by atoms with van der Waals surface area (Å²) in [4.78, 5) is 2.56. The van der Waals surface area contributed by atoms with Gasteiger partial charge in [0.05, 0.1) is 0 Å². The zero-order valence-electron chi connectivity index (χ0n) is 13.2. The molecule has 4 heteroatoms. The Morgan fingerprint density at radius 1 is 1.17 bits per heavy atom. The number of rotatable bonds is 2. The average molecular weight is 347 g/mol. The number of hydrogen-bond donors (Lipinski definition) is 1. The van der Waals surface area contributed by atoms with Crippen LogP contribution in [0.3, 0.4) is 0 Å². The number of piperidine rings is 1. The molecule has 0 spiro atoms. The van der Waals surface area contributed by atoms with Crippen molar-refractivity contribution in [2.75, 3.05) is 24.5 Å². The first kappa shape index (κ1) is 15.3. The predicted molar refractivity (Wildman–Crippen MR) is 98.9 cm³/mol. The third-order valence-electron chi connectivity index (χ3n) is 5.17. The molecule has 0 radical (unpaired) electrons. The van der Waals surface area contributed by atoms with E-state index in [9.17, 15) is 0 Å². The lowest BCUT2D eigenvalue weighted by Gasteiger charge is -2.33. The number of hydrogen-bond acceptors (Lipinski definition) is 2. The summed E-state index contributed by atoms with van der Waals surface area (Å²) in [6.45, 7) is 5.49. The Morgan fingerprint density at radius 2 is 2.04 bits per heavy atom. The highest BCUT2D eigenvalue weighted by molar-refractivity contribution is 6.36. The molecule has 1 N–H and O–H groups in total. The third kappa shape index (κ3) is 2.53. The van der Waals surface area contributed by atoms with Gasteiger partial charge in [-0.3, -0.25) is 0 Å². The van der Waals surface area contributed by atoms with E-state index in [0.717, 1.165) is 25.2 Å². The number of nitrogens with zero attached hydrogens (tertiary/aromatic N) is 1. The van der Waals surface area contributed by atoms with Crippen molar-refractivity contribution < 1.29 is 0 Å². The molecule has 2 aromatic rings. The molecule has 23 heavy (non-hydrogen) atoms. The molecule has 2 aliphatic heterocycles. The van der Waals surface area contributed by atoms with Gasteiger partial charge < -0.3 is 10.2 Å². The maximum atomic E-state index is 6.40. The second kappa shape index (κ2) is 6.01. The van der Waals surface area contributed by atoms with E-state index < -0.39 is 0 Å². The number of nitrogens with one attached hydrogen (secondary N) is 1. The Morgan fingerprint density at radius 3 is 2.83 bits per heavy atom. The normalized spacial score (nSPS) is 22.8. The monoisotopic (exact) mass is 346 g/mol. The van der Waals surface area contributed by atoms with Gasteiger partial charge in [0.25, 0.3) is 0 Å². The Hall–Kier alpha value is -1.22. The molecule has 2 heterocycles. The Balaban J connectivity index is 1.79. The summed E-state index contributed by atoms with van der Waals surface area (Å²) in [5, 5.41) is 4.93. The van der Waals surface area contributed by atoms with E-state index in [2.05, 4.69) is 35.3 Å². The SMILES string of the molecule is CCN1c2ccc(-c3ccc(Cl)cc3Cl)cc2C2CNCCC21. The minimum atomic E-state index is 0.574. The molecular formula is C19H20Cl2N2. The van der Waals surface area contributed by atoms with Crippen molar-refractivity contribution in [1.82, 2.24) is 5.32 Å². The lowest BCUT2D eigenvalue weighted by Crippen LogP contribution is -2.44. The van der Waals surface area contributed by atoms with Crippen molar-refractivity contribution in [2.24, 2.45) is 0 Å². The van der Waals surface area contributed by atoms with E-state index in [1.807, 2.05) is 18.2 Å². The average Bonchev–Trinajstić information content (AvgIpc) is 2.88. The van der Waals surface area contributed by atoms with Gasteiger partial charge in [0, 0.05) is 46.3 Å². The van der Waals surface area contributed by atoms with Crippen LogP contribution in [0.1, 0.15) is 24.8 Å². The number of benzene rings is 2. The van der Waals surface area contributed by atoms with Crippen molar-refractivity contribution in [3.8, 4) is 11.1 Å². The largest absolute Gasteiger partial charge is 0.368 e. The second-order valence-corrected chi connectivity index (χ2v) is 7.19. The van der Waals surface area contributed by atoms with Gasteiger partial charge in [-0.25, -0.2) is 0 Å². The molecular weight excluding hydrogens is 327 g/mol. The van der Waals surface area contributed by atoms with Crippen molar-refractivity contribution in [3.05, 3.63) is 52.0 Å². The Bertz CT molecular complexity index is 744. The molecule has 0 bridgehead atoms. The number of anilines is 1. The topological polar surface area (TPSA) is 15.3 Å². The van der Waals surface area contributed by atoms with E-state index in [0.29, 0.717) is 22.0 Å². The summed E-state index contributed by atoms with van der Waals surface area (Å²) in [6, 6.07) is 13.1. The first-order valence-electron chi connectivity index (χ1n) is 8.25. The Kier molecular flexibility index (Phi) is 4.00. The van der Waals surface area contributed by atoms with Crippen LogP contribution >= 0.6 is 23.2 Å². The van der Waals surface area contributed by atoms with Crippen LogP contribution in [0.25, 0.3) is 11.1 Å². The van der Waals surface area contributed by atoms with Gasteiger partial charge >= 0.3 is 0 Å². The van der Waals surface area contributed by atoms with Crippen LogP contribution in [0.15, 0.2) is 36.4 Å². The molecule has 0 amide bonds. The van der Waals surface area contributed by atoms with Crippen LogP contribution in [0.5, 0.6) is 0 Å². The van der Waals surface area contributed by atoms with Gasteiger partial charge in [-0.05, 0) is 55.3 Å². The Labute approximate surface area is 147 Å². The smallest absolute Gasteiger partial charge is 0.0499 e. The van der Waals surface area contributed by atoms with Crippen LogP contribution in [-0.4, -0.2) is 25.7 Å². The minimum Gasteiger partial charge on any atom is -0.368 e. The third-order valence-corrected chi connectivity index (χ3v) is 5.71. The standard InChI is InChI=1S/C19H20Cl2N2/c1-2-23-18-6-3-12(14-5-4-13(20)10-17(14)21)9-15(18)16-11-22-8-7-19(16)23/h3-6,9-10,16,19,22H,2,7-8,11H2,1H3. The minimum absolute atomic E-state index is 0.574. The maximum Gasteiger partial charge on any atom is 0.0499 e. The lowest BCUT2D eigenvalue weighted by molar-refractivity contribution is 0.406. The highest BCUT2D eigenvalue weighted by atomic mass is 35.5. The van der Waals surface area contributed by atoms with Crippen LogP contribution in [0.2, 0.25) is 10.0 Å². The molecule has 0 aromatic heterocycles. The van der Waals surface area contributed by atoms with Crippen LogP contribution < -0.4 is 10.2 Å². The molecule has 2 aromatic carbocycles. The number of halogens is 2. The molecule has 2 unspecified atom stereocenters. The van der Waals surface area contributed by atoms with Gasteiger partial charge in [0.15, 0.2) is 0 Å². The van der Waals surface area contributed by atoms with Crippen molar-refractivity contribution in [3.63, 3.8) is 0 Å². The predicted octanol–water partition coefficient (Wildman–Crippen LogP) is 4.95. The summed E-state index contributed by atoms with van der Waals surface area (Å²) in [6.07, 6.45) is 1.21. The van der Waals surface area contributed by atoms with Crippen molar-refractivity contribution in [2.45, 2.75) is 25.3 Å². The summed E-state index contributed by atoms with van der Waals surface area (Å²) < 4.78 is 0. The lowest BCUT2D eigenvalue weighted by atomic mass is 9.89. The maximum absolute atomic E-state index is 6.40. The molecule has 2 aliphatic rings. The fourth-order valence-electron chi connectivity index (χ4n) is 4.12. The van der Waals surface area contributed by atoms with E-state index in [1.165, 1.54) is 23.2 Å². The fourth-order valence-corrected chi connectivity index (χ4v) is 4.64. The van der Waals surface area contributed by atoms with Gasteiger partial charge in [0.1, 0.15) is 0 Å². The second-order valence-electron chi connectivity index (χ2n) is 6.35. The van der Waals surface area contributed by atoms with Crippen LogP contribution in [-0.2, 0) is 0 Å². The van der Waals surface area contributed by atoms with Gasteiger partial charge in [-0.2, -0.15) is 0 Å². The molecule has 0 saturated carbocycles. The van der Waals surface area contributed by atoms with E-state index >= 15 is 0 Å². The quantitative estimate of drug-likeness (QED) is 0.827. The summed E-state index contributed by atoms with van der Waals surface area (Å²) in [5.74, 6) is 0.574. The molecule has 0 aliphatic carbocycles. The fraction of sp³-hybridized carbons (Fsp3) is 0.368. The van der Waals surface area contributed by atoms with Gasteiger partial charge in [0.2, 0.25) is 0 Å². The van der Waals surface area contributed by atoms with Crippen molar-refractivity contribution in [1.29, 1.82) is 0 Å². The van der Waals surface area contributed by atoms with Gasteiger partial charge in [-0.15, -0.1) is 0 Å². The summed E-state index contributed by atoms with van der Waals surface area (Å²) in [7, 11) is 0. The van der Waals surface area contributed by atoms with Crippen molar-refractivity contribution >= 4 is 28.9 Å². The summed E-state index contributed by atoms with van der Waals surface area (Å²) in [5.41, 5.74) is 5.06. The van der Waals surface area contributed by atoms with E-state index in [-0.39, 0.29) is 0 Å². The van der Waals surface area contributed by atoms with E-state index in [1.54, 1.807) is 0 Å². The van der Waals surface area contributed by atoms with Gasteiger partial charge in [-0.1, -0.05) is 35.3 Å². The zero-order chi connectivity index (χ0) is 16.0. The highest BCUT2D eigenvalue weighted by Gasteiger charge is 2.39. The van der Waals surface area contributed by atoms with Crippen LogP contribution in [0.4, 0.5) is 5.69 Å². The van der Waals surface area contributed by atoms with Crippen LogP contribution in [0, 0.1) is 0 Å².